The first-order chi connectivity index (χ1) is 13.2. The number of fused-ring (bicyclic) bond motifs is 3. The molecule has 3 aromatic rings. The van der Waals surface area contributed by atoms with Crippen LogP contribution in [0.15, 0.2) is 42.6 Å². The van der Waals surface area contributed by atoms with Gasteiger partial charge in [-0.1, -0.05) is 31.5 Å². The van der Waals surface area contributed by atoms with E-state index in [0.29, 0.717) is 5.56 Å². The number of aryl methyl sites for hydroxylation is 1. The van der Waals surface area contributed by atoms with Crippen LogP contribution >= 0.6 is 0 Å². The summed E-state index contributed by atoms with van der Waals surface area (Å²) in [6.07, 6.45) is 6.36. The number of benzene rings is 1. The SMILES string of the molecule is CCCCN1CCC(OC(=O)c2c3c(C)cccc3n3ccccc23)CC1. The van der Waals surface area contributed by atoms with Crippen LogP contribution in [0.25, 0.3) is 16.4 Å². The van der Waals surface area contributed by atoms with E-state index in [2.05, 4.69) is 35.3 Å². The van der Waals surface area contributed by atoms with Crippen molar-refractivity contribution in [2.24, 2.45) is 0 Å². The van der Waals surface area contributed by atoms with Crippen LogP contribution in [-0.2, 0) is 4.74 Å². The van der Waals surface area contributed by atoms with Gasteiger partial charge in [0.2, 0.25) is 0 Å². The summed E-state index contributed by atoms with van der Waals surface area (Å²) in [5.74, 6) is -0.185. The Labute approximate surface area is 160 Å². The molecule has 2 aromatic heterocycles. The number of nitrogens with zero attached hydrogens (tertiary/aromatic N) is 2. The molecule has 4 rings (SSSR count). The number of piperidine rings is 1. The number of carbonyl (C=O) groups excluding carboxylic acids is 1. The molecule has 4 heteroatoms. The number of rotatable bonds is 5. The predicted octanol–water partition coefficient (Wildman–Crippen LogP) is 4.82. The zero-order chi connectivity index (χ0) is 18.8. The molecule has 1 saturated heterocycles. The molecule has 0 spiro atoms. The lowest BCUT2D eigenvalue weighted by molar-refractivity contribution is 0.0116. The van der Waals surface area contributed by atoms with E-state index < -0.39 is 0 Å². The van der Waals surface area contributed by atoms with Crippen molar-refractivity contribution in [3.63, 3.8) is 0 Å². The Morgan fingerprint density at radius 3 is 2.67 bits per heavy atom. The minimum atomic E-state index is -0.185. The minimum absolute atomic E-state index is 0.0214. The van der Waals surface area contributed by atoms with Crippen LogP contribution in [0.3, 0.4) is 0 Å². The zero-order valence-electron chi connectivity index (χ0n) is 16.3. The average Bonchev–Trinajstić information content (AvgIpc) is 3.03. The highest BCUT2D eigenvalue weighted by Gasteiger charge is 2.26. The average molecular weight is 364 g/mol. The van der Waals surface area contributed by atoms with E-state index in [-0.39, 0.29) is 12.1 Å². The molecule has 0 unspecified atom stereocenters. The van der Waals surface area contributed by atoms with E-state index >= 15 is 0 Å². The Morgan fingerprint density at radius 1 is 1.11 bits per heavy atom. The smallest absolute Gasteiger partial charge is 0.341 e. The van der Waals surface area contributed by atoms with Crippen molar-refractivity contribution in [1.82, 2.24) is 9.30 Å². The van der Waals surface area contributed by atoms with Gasteiger partial charge in [-0.3, -0.25) is 0 Å². The Hall–Kier alpha value is -2.33. The number of esters is 1. The van der Waals surface area contributed by atoms with Crippen molar-refractivity contribution in [2.75, 3.05) is 19.6 Å². The molecule has 4 nitrogen and oxygen atoms in total. The van der Waals surface area contributed by atoms with Crippen LogP contribution in [-0.4, -0.2) is 41.0 Å². The Morgan fingerprint density at radius 2 is 1.89 bits per heavy atom. The number of hydrogen-bond acceptors (Lipinski definition) is 3. The van der Waals surface area contributed by atoms with Crippen molar-refractivity contribution in [3.05, 3.63) is 53.7 Å². The van der Waals surface area contributed by atoms with Crippen LogP contribution in [0.1, 0.15) is 48.5 Å². The van der Waals surface area contributed by atoms with Gasteiger partial charge < -0.3 is 14.0 Å². The molecule has 142 valence electrons. The van der Waals surface area contributed by atoms with Gasteiger partial charge >= 0.3 is 5.97 Å². The zero-order valence-corrected chi connectivity index (χ0v) is 16.3. The summed E-state index contributed by atoms with van der Waals surface area (Å²) in [5.41, 5.74) is 3.80. The first-order valence-corrected chi connectivity index (χ1v) is 10.1. The molecule has 0 amide bonds. The molecule has 0 saturated carbocycles. The molecule has 1 aromatic carbocycles. The number of carbonyl (C=O) groups is 1. The van der Waals surface area contributed by atoms with E-state index in [9.17, 15) is 4.79 Å². The number of unbranched alkanes of at least 4 members (excludes halogenated alkanes) is 1. The maximum Gasteiger partial charge on any atom is 0.341 e. The molecular weight excluding hydrogens is 336 g/mol. The third-order valence-corrected chi connectivity index (χ3v) is 5.72. The fourth-order valence-corrected chi connectivity index (χ4v) is 4.21. The summed E-state index contributed by atoms with van der Waals surface area (Å²) in [7, 11) is 0. The third kappa shape index (κ3) is 3.46. The van der Waals surface area contributed by atoms with Gasteiger partial charge in [0.1, 0.15) is 6.10 Å². The Bertz CT molecular complexity index is 952. The highest BCUT2D eigenvalue weighted by Crippen LogP contribution is 2.30. The third-order valence-electron chi connectivity index (χ3n) is 5.72. The number of likely N-dealkylation sites (tertiary alicyclic amines) is 1. The van der Waals surface area contributed by atoms with Gasteiger partial charge in [-0.25, -0.2) is 4.79 Å². The van der Waals surface area contributed by atoms with Crippen LogP contribution in [0, 0.1) is 6.92 Å². The minimum Gasteiger partial charge on any atom is -0.459 e. The molecule has 0 radical (unpaired) electrons. The summed E-state index contributed by atoms with van der Waals surface area (Å²) < 4.78 is 8.07. The van der Waals surface area contributed by atoms with E-state index in [1.807, 2.05) is 30.5 Å². The summed E-state index contributed by atoms with van der Waals surface area (Å²) >= 11 is 0. The molecule has 0 bridgehead atoms. The second-order valence-electron chi connectivity index (χ2n) is 7.60. The quantitative estimate of drug-likeness (QED) is 0.609. The van der Waals surface area contributed by atoms with Crippen molar-refractivity contribution < 1.29 is 9.53 Å². The fourth-order valence-electron chi connectivity index (χ4n) is 4.21. The molecule has 0 atom stereocenters. The predicted molar refractivity (Wildman–Crippen MR) is 109 cm³/mol. The summed E-state index contributed by atoms with van der Waals surface area (Å²) in [6.45, 7) is 7.49. The lowest BCUT2D eigenvalue weighted by atomic mass is 10.1. The number of hydrogen-bond donors (Lipinski definition) is 0. The van der Waals surface area contributed by atoms with Gasteiger partial charge in [-0.15, -0.1) is 0 Å². The Kier molecular flexibility index (Phi) is 5.17. The van der Waals surface area contributed by atoms with E-state index in [4.69, 9.17) is 4.74 Å². The molecule has 0 aliphatic carbocycles. The van der Waals surface area contributed by atoms with Crippen LogP contribution in [0.2, 0.25) is 0 Å². The van der Waals surface area contributed by atoms with Crippen molar-refractivity contribution in [3.8, 4) is 0 Å². The van der Waals surface area contributed by atoms with Gasteiger partial charge in [-0.05, 0) is 56.5 Å². The number of aromatic nitrogens is 1. The van der Waals surface area contributed by atoms with Gasteiger partial charge in [-0.2, -0.15) is 0 Å². The van der Waals surface area contributed by atoms with Crippen molar-refractivity contribution in [2.45, 2.75) is 45.6 Å². The first-order valence-electron chi connectivity index (χ1n) is 10.1. The van der Waals surface area contributed by atoms with Crippen LogP contribution < -0.4 is 0 Å². The maximum absolute atomic E-state index is 13.2. The molecular formula is C23H28N2O2. The summed E-state index contributed by atoms with van der Waals surface area (Å²) in [6, 6.07) is 12.1. The summed E-state index contributed by atoms with van der Waals surface area (Å²) in [5, 5.41) is 1.01. The van der Waals surface area contributed by atoms with Gasteiger partial charge in [0.15, 0.2) is 0 Å². The monoisotopic (exact) mass is 364 g/mol. The molecule has 3 heterocycles. The van der Waals surface area contributed by atoms with Crippen LogP contribution in [0.5, 0.6) is 0 Å². The lowest BCUT2D eigenvalue weighted by Gasteiger charge is -2.31. The molecule has 0 N–H and O–H groups in total. The standard InChI is InChI=1S/C23H28N2O2/c1-3-4-13-24-15-11-18(12-16-24)27-23(26)22-20-9-5-6-14-25(20)19-10-7-8-17(2)21(19)22/h5-10,14,18H,3-4,11-13,15-16H2,1-2H3. The van der Waals surface area contributed by atoms with Crippen LogP contribution in [0.4, 0.5) is 0 Å². The van der Waals surface area contributed by atoms with E-state index in [1.165, 1.54) is 12.8 Å². The highest BCUT2D eigenvalue weighted by atomic mass is 16.5. The lowest BCUT2D eigenvalue weighted by Crippen LogP contribution is -2.38. The van der Waals surface area contributed by atoms with Gasteiger partial charge in [0, 0.05) is 24.7 Å². The molecule has 1 fully saturated rings. The second kappa shape index (κ2) is 7.73. The molecule has 1 aliphatic heterocycles. The molecule has 1 aliphatic rings. The normalized spacial score (nSPS) is 16.2. The summed E-state index contributed by atoms with van der Waals surface area (Å²) in [4.78, 5) is 15.6. The van der Waals surface area contributed by atoms with Gasteiger partial charge in [0.05, 0.1) is 16.6 Å². The molecule has 27 heavy (non-hydrogen) atoms. The Balaban J connectivity index is 1.58. The first kappa shape index (κ1) is 18.1. The number of ether oxygens (including phenoxy) is 1. The topological polar surface area (TPSA) is 34.0 Å². The largest absolute Gasteiger partial charge is 0.459 e. The van der Waals surface area contributed by atoms with Crippen molar-refractivity contribution >= 4 is 22.4 Å². The van der Waals surface area contributed by atoms with Gasteiger partial charge in [0.25, 0.3) is 0 Å². The maximum atomic E-state index is 13.2. The van der Waals surface area contributed by atoms with E-state index in [1.54, 1.807) is 0 Å². The highest BCUT2D eigenvalue weighted by molar-refractivity contribution is 6.12. The fraction of sp³-hybridized carbons (Fsp3) is 0.435. The van der Waals surface area contributed by atoms with Crippen molar-refractivity contribution in [1.29, 1.82) is 0 Å². The van der Waals surface area contributed by atoms with E-state index in [0.717, 1.165) is 54.5 Å². The second-order valence-corrected chi connectivity index (χ2v) is 7.60. The number of pyridine rings is 1.